The van der Waals surface area contributed by atoms with Crippen molar-refractivity contribution in [3.63, 3.8) is 0 Å². The summed E-state index contributed by atoms with van der Waals surface area (Å²) in [7, 11) is 0. The van der Waals surface area contributed by atoms with E-state index in [-0.39, 0.29) is 17.7 Å². The van der Waals surface area contributed by atoms with E-state index in [1.807, 2.05) is 19.1 Å². The van der Waals surface area contributed by atoms with Gasteiger partial charge in [-0.05, 0) is 66.6 Å². The van der Waals surface area contributed by atoms with E-state index in [2.05, 4.69) is 45.4 Å². The summed E-state index contributed by atoms with van der Waals surface area (Å²) in [5.41, 5.74) is 11.1. The highest BCUT2D eigenvalue weighted by atomic mass is 16.5. The summed E-state index contributed by atoms with van der Waals surface area (Å²) in [6.45, 7) is 3.59. The Morgan fingerprint density at radius 2 is 1.91 bits per heavy atom. The zero-order chi connectivity index (χ0) is 24.4. The number of anilines is 1. The van der Waals surface area contributed by atoms with Gasteiger partial charge >= 0.3 is 0 Å². The second-order valence-corrected chi connectivity index (χ2v) is 9.36. The number of carbonyl (C=O) groups is 1. The van der Waals surface area contributed by atoms with Crippen LogP contribution in [0.15, 0.2) is 48.5 Å². The molecule has 1 amide bonds. The van der Waals surface area contributed by atoms with Crippen LogP contribution < -0.4 is 15.4 Å². The summed E-state index contributed by atoms with van der Waals surface area (Å²) in [6, 6.07) is 17.9. The van der Waals surface area contributed by atoms with Crippen LogP contribution in [0.5, 0.6) is 5.75 Å². The number of rotatable bonds is 5. The first-order valence-electron chi connectivity index (χ1n) is 12.2. The topological polar surface area (TPSA) is 105 Å². The summed E-state index contributed by atoms with van der Waals surface area (Å²) in [5, 5.41) is 17.9. The van der Waals surface area contributed by atoms with Gasteiger partial charge in [-0.1, -0.05) is 30.3 Å². The Kier molecular flexibility index (Phi) is 6.37. The van der Waals surface area contributed by atoms with Crippen LogP contribution >= 0.6 is 0 Å². The van der Waals surface area contributed by atoms with Crippen molar-refractivity contribution in [2.24, 2.45) is 5.73 Å². The number of hydrogen-bond acceptors (Lipinski definition) is 6. The molecule has 5 rings (SSSR count). The maximum absolute atomic E-state index is 12.3. The average molecular weight is 468 g/mol. The predicted molar refractivity (Wildman–Crippen MR) is 134 cm³/mol. The van der Waals surface area contributed by atoms with Crippen LogP contribution in [-0.2, 0) is 6.42 Å². The highest BCUT2D eigenvalue weighted by molar-refractivity contribution is 5.93. The summed E-state index contributed by atoms with van der Waals surface area (Å²) < 4.78 is 6.15. The lowest BCUT2D eigenvalue weighted by atomic mass is 9.77. The normalized spacial score (nSPS) is 17.9. The van der Waals surface area contributed by atoms with E-state index < -0.39 is 5.91 Å². The lowest BCUT2D eigenvalue weighted by Gasteiger charge is -2.35. The molecule has 0 saturated carbocycles. The summed E-state index contributed by atoms with van der Waals surface area (Å²) in [5.74, 6) is 1.10. The molecule has 2 heterocycles. The SMILES string of the molecule is Cc1c(N2CCC(Oc3cccc(C#N)c3)CC2)nnc(C(N)=O)c1C1CCCc2ccccc21. The Balaban J connectivity index is 1.39. The summed E-state index contributed by atoms with van der Waals surface area (Å²) in [6.07, 6.45) is 4.80. The molecule has 1 atom stereocenters. The lowest BCUT2D eigenvalue weighted by Crippen LogP contribution is -2.39. The van der Waals surface area contributed by atoms with Crippen LogP contribution in [0, 0.1) is 18.3 Å². The molecule has 7 nitrogen and oxygen atoms in total. The number of fused-ring (bicyclic) bond motifs is 1. The van der Waals surface area contributed by atoms with Gasteiger partial charge in [-0.25, -0.2) is 0 Å². The maximum Gasteiger partial charge on any atom is 0.269 e. The molecule has 2 aromatic carbocycles. The van der Waals surface area contributed by atoms with E-state index in [0.717, 1.165) is 67.9 Å². The minimum Gasteiger partial charge on any atom is -0.490 e. The van der Waals surface area contributed by atoms with Crippen molar-refractivity contribution >= 4 is 11.7 Å². The van der Waals surface area contributed by atoms with Crippen molar-refractivity contribution < 1.29 is 9.53 Å². The molecule has 1 aromatic heterocycles. The first kappa shape index (κ1) is 22.9. The van der Waals surface area contributed by atoms with E-state index in [1.165, 1.54) is 11.1 Å². The molecule has 0 spiro atoms. The lowest BCUT2D eigenvalue weighted by molar-refractivity contribution is 0.0993. The monoisotopic (exact) mass is 467 g/mol. The molecule has 1 unspecified atom stereocenters. The van der Waals surface area contributed by atoms with E-state index in [9.17, 15) is 4.79 Å². The Hall–Kier alpha value is -3.92. The Labute approximate surface area is 205 Å². The second-order valence-electron chi connectivity index (χ2n) is 9.36. The Morgan fingerprint density at radius 1 is 1.11 bits per heavy atom. The van der Waals surface area contributed by atoms with Crippen LogP contribution in [0.25, 0.3) is 0 Å². The number of nitriles is 1. The fourth-order valence-electron chi connectivity index (χ4n) is 5.50. The molecule has 0 radical (unpaired) electrons. The predicted octanol–water partition coefficient (Wildman–Crippen LogP) is 4.27. The van der Waals surface area contributed by atoms with Crippen molar-refractivity contribution in [1.82, 2.24) is 10.2 Å². The number of nitrogens with zero attached hydrogens (tertiary/aromatic N) is 4. The van der Waals surface area contributed by atoms with Crippen molar-refractivity contribution in [2.45, 2.75) is 51.0 Å². The number of piperidine rings is 1. The molecular weight excluding hydrogens is 438 g/mol. The minimum absolute atomic E-state index is 0.0723. The molecule has 1 aliphatic heterocycles. The first-order chi connectivity index (χ1) is 17.0. The van der Waals surface area contributed by atoms with E-state index >= 15 is 0 Å². The number of ether oxygens (including phenoxy) is 1. The number of nitrogens with two attached hydrogens (primary N) is 1. The zero-order valence-electron chi connectivity index (χ0n) is 19.9. The van der Waals surface area contributed by atoms with E-state index in [0.29, 0.717) is 5.56 Å². The van der Waals surface area contributed by atoms with Crippen LogP contribution in [0.2, 0.25) is 0 Å². The van der Waals surface area contributed by atoms with Gasteiger partial charge in [-0.3, -0.25) is 4.79 Å². The number of amides is 1. The molecule has 3 aromatic rings. The van der Waals surface area contributed by atoms with Gasteiger partial charge in [0.15, 0.2) is 11.5 Å². The number of hydrogen-bond donors (Lipinski definition) is 1. The molecule has 1 aliphatic carbocycles. The molecule has 0 bridgehead atoms. The number of aromatic nitrogens is 2. The van der Waals surface area contributed by atoms with Crippen LogP contribution in [0.3, 0.4) is 0 Å². The van der Waals surface area contributed by atoms with Crippen LogP contribution in [0.4, 0.5) is 5.82 Å². The molecule has 2 N–H and O–H groups in total. The smallest absolute Gasteiger partial charge is 0.269 e. The van der Waals surface area contributed by atoms with Crippen LogP contribution in [-0.4, -0.2) is 35.3 Å². The highest BCUT2D eigenvalue weighted by Gasteiger charge is 2.31. The number of primary amides is 1. The van der Waals surface area contributed by atoms with E-state index in [4.69, 9.17) is 15.7 Å². The number of carbonyl (C=O) groups excluding carboxylic acids is 1. The summed E-state index contributed by atoms with van der Waals surface area (Å²) >= 11 is 0. The van der Waals surface area contributed by atoms with Crippen LogP contribution in [0.1, 0.15) is 69.9 Å². The minimum atomic E-state index is -0.531. The largest absolute Gasteiger partial charge is 0.490 e. The molecule has 178 valence electrons. The van der Waals surface area contributed by atoms with Gasteiger partial charge in [-0.15, -0.1) is 10.2 Å². The van der Waals surface area contributed by atoms with Gasteiger partial charge in [0.05, 0.1) is 11.6 Å². The standard InChI is InChI=1S/C28H29N5O2/c1-18-25(24-11-5-8-20-7-2-3-10-23(20)24)26(27(30)34)31-32-28(18)33-14-12-21(13-15-33)35-22-9-4-6-19(16-22)17-29/h2-4,6-7,9-10,16,21,24H,5,8,11-15H2,1H3,(H2,30,34). The fraction of sp³-hybridized carbons (Fsp3) is 0.357. The van der Waals surface area contributed by atoms with Gasteiger partial charge in [0.2, 0.25) is 0 Å². The molecular formula is C28H29N5O2. The third kappa shape index (κ3) is 4.57. The van der Waals surface area contributed by atoms with Gasteiger partial charge in [-0.2, -0.15) is 5.26 Å². The third-order valence-electron chi connectivity index (χ3n) is 7.20. The van der Waals surface area contributed by atoms with Gasteiger partial charge < -0.3 is 15.4 Å². The quantitative estimate of drug-likeness (QED) is 0.601. The Bertz CT molecular complexity index is 1290. The third-order valence-corrected chi connectivity index (χ3v) is 7.20. The molecule has 7 heteroatoms. The number of benzene rings is 2. The zero-order valence-corrected chi connectivity index (χ0v) is 19.9. The second kappa shape index (κ2) is 9.75. The van der Waals surface area contributed by atoms with Gasteiger partial charge in [0.25, 0.3) is 5.91 Å². The molecule has 1 saturated heterocycles. The molecule has 2 aliphatic rings. The molecule has 1 fully saturated rings. The van der Waals surface area contributed by atoms with Crippen molar-refractivity contribution in [3.05, 3.63) is 82.0 Å². The number of aryl methyl sites for hydroxylation is 1. The van der Waals surface area contributed by atoms with Gasteiger partial charge in [0.1, 0.15) is 11.9 Å². The molecule has 35 heavy (non-hydrogen) atoms. The average Bonchev–Trinajstić information content (AvgIpc) is 2.89. The summed E-state index contributed by atoms with van der Waals surface area (Å²) in [4.78, 5) is 14.6. The van der Waals surface area contributed by atoms with Crippen molar-refractivity contribution in [1.29, 1.82) is 5.26 Å². The fourth-order valence-corrected chi connectivity index (χ4v) is 5.50. The maximum atomic E-state index is 12.3. The van der Waals surface area contributed by atoms with Crippen molar-refractivity contribution in [2.75, 3.05) is 18.0 Å². The van der Waals surface area contributed by atoms with E-state index in [1.54, 1.807) is 12.1 Å². The highest BCUT2D eigenvalue weighted by Crippen LogP contribution is 2.41. The van der Waals surface area contributed by atoms with Gasteiger partial charge in [0, 0.05) is 31.8 Å². The van der Waals surface area contributed by atoms with Crippen molar-refractivity contribution in [3.8, 4) is 11.8 Å². The Morgan fingerprint density at radius 3 is 2.69 bits per heavy atom. The first-order valence-corrected chi connectivity index (χ1v) is 12.2.